The highest BCUT2D eigenvalue weighted by Crippen LogP contribution is 2.36. The Balaban J connectivity index is 1.39. The lowest BCUT2D eigenvalue weighted by Gasteiger charge is -2.08. The SMILES string of the molecule is O=C(Nc1cccc(-c2nc(-c3ccc4c(c3)OCCCO4)cs2)c1)C1CC1. The summed E-state index contributed by atoms with van der Waals surface area (Å²) >= 11 is 1.59. The number of hydrogen-bond donors (Lipinski definition) is 1. The van der Waals surface area contributed by atoms with Crippen molar-refractivity contribution in [3.63, 3.8) is 0 Å². The summed E-state index contributed by atoms with van der Waals surface area (Å²) in [4.78, 5) is 16.8. The maximum absolute atomic E-state index is 12.0. The van der Waals surface area contributed by atoms with Gasteiger partial charge in [0, 0.05) is 34.5 Å². The van der Waals surface area contributed by atoms with E-state index in [0.717, 1.165) is 58.3 Å². The van der Waals surface area contributed by atoms with Crippen LogP contribution < -0.4 is 14.8 Å². The monoisotopic (exact) mass is 392 g/mol. The Morgan fingerprint density at radius 1 is 1.04 bits per heavy atom. The highest BCUT2D eigenvalue weighted by molar-refractivity contribution is 7.13. The molecule has 28 heavy (non-hydrogen) atoms. The molecule has 2 aromatic carbocycles. The molecule has 0 radical (unpaired) electrons. The summed E-state index contributed by atoms with van der Waals surface area (Å²) in [6, 6.07) is 13.8. The Morgan fingerprint density at radius 2 is 1.89 bits per heavy atom. The van der Waals surface area contributed by atoms with Crippen LogP contribution in [0.4, 0.5) is 5.69 Å². The Kier molecular flexibility index (Phi) is 4.49. The van der Waals surface area contributed by atoms with E-state index in [1.807, 2.05) is 47.8 Å². The summed E-state index contributed by atoms with van der Waals surface area (Å²) in [6.45, 7) is 1.35. The van der Waals surface area contributed by atoms with Crippen LogP contribution in [0.25, 0.3) is 21.8 Å². The van der Waals surface area contributed by atoms with Crippen molar-refractivity contribution in [2.75, 3.05) is 18.5 Å². The number of carbonyl (C=O) groups is 1. The van der Waals surface area contributed by atoms with E-state index in [9.17, 15) is 4.79 Å². The molecular formula is C22H20N2O3S. The van der Waals surface area contributed by atoms with Gasteiger partial charge < -0.3 is 14.8 Å². The number of aromatic nitrogens is 1. The van der Waals surface area contributed by atoms with Gasteiger partial charge in [0.15, 0.2) is 11.5 Å². The fourth-order valence-electron chi connectivity index (χ4n) is 3.18. The molecule has 1 amide bonds. The molecule has 0 spiro atoms. The van der Waals surface area contributed by atoms with Crippen LogP contribution in [0.15, 0.2) is 47.8 Å². The average Bonchev–Trinajstić information content (AvgIpc) is 3.49. The van der Waals surface area contributed by atoms with Crippen LogP contribution in [-0.2, 0) is 4.79 Å². The maximum atomic E-state index is 12.0. The molecule has 6 heteroatoms. The summed E-state index contributed by atoms with van der Waals surface area (Å²) in [5.74, 6) is 1.86. The first-order chi connectivity index (χ1) is 13.8. The zero-order chi connectivity index (χ0) is 18.9. The van der Waals surface area contributed by atoms with E-state index in [2.05, 4.69) is 5.32 Å². The van der Waals surface area contributed by atoms with Gasteiger partial charge in [0.25, 0.3) is 0 Å². The van der Waals surface area contributed by atoms with Crippen molar-refractivity contribution in [2.45, 2.75) is 19.3 Å². The number of fused-ring (bicyclic) bond motifs is 1. The minimum atomic E-state index is 0.115. The number of nitrogens with zero attached hydrogens (tertiary/aromatic N) is 1. The van der Waals surface area contributed by atoms with Crippen molar-refractivity contribution in [1.29, 1.82) is 0 Å². The Morgan fingerprint density at radius 3 is 2.75 bits per heavy atom. The lowest BCUT2D eigenvalue weighted by atomic mass is 10.1. The lowest BCUT2D eigenvalue weighted by molar-refractivity contribution is -0.117. The first kappa shape index (κ1) is 17.3. The third kappa shape index (κ3) is 3.60. The van der Waals surface area contributed by atoms with Crippen LogP contribution in [0.1, 0.15) is 19.3 Å². The molecule has 0 bridgehead atoms. The maximum Gasteiger partial charge on any atom is 0.227 e. The van der Waals surface area contributed by atoms with Gasteiger partial charge in [-0.05, 0) is 43.2 Å². The van der Waals surface area contributed by atoms with Crippen LogP contribution in [0.3, 0.4) is 0 Å². The summed E-state index contributed by atoms with van der Waals surface area (Å²) < 4.78 is 11.5. The van der Waals surface area contributed by atoms with Crippen molar-refractivity contribution in [1.82, 2.24) is 4.98 Å². The Bertz CT molecular complexity index is 1030. The molecule has 1 saturated carbocycles. The molecule has 0 unspecified atom stereocenters. The molecule has 1 aliphatic heterocycles. The number of amides is 1. The van der Waals surface area contributed by atoms with E-state index in [-0.39, 0.29) is 11.8 Å². The first-order valence-corrected chi connectivity index (χ1v) is 10.4. The fraction of sp³-hybridized carbons (Fsp3) is 0.273. The quantitative estimate of drug-likeness (QED) is 0.680. The topological polar surface area (TPSA) is 60.5 Å². The Labute approximate surface area is 167 Å². The first-order valence-electron chi connectivity index (χ1n) is 9.53. The van der Waals surface area contributed by atoms with Gasteiger partial charge in [0.2, 0.25) is 5.91 Å². The van der Waals surface area contributed by atoms with Gasteiger partial charge in [-0.25, -0.2) is 4.98 Å². The zero-order valence-electron chi connectivity index (χ0n) is 15.3. The number of hydrogen-bond acceptors (Lipinski definition) is 5. The number of ether oxygens (including phenoxy) is 2. The molecule has 2 aliphatic rings. The van der Waals surface area contributed by atoms with Crippen LogP contribution >= 0.6 is 11.3 Å². The third-order valence-corrected chi connectivity index (χ3v) is 5.76. The van der Waals surface area contributed by atoms with E-state index in [1.54, 1.807) is 11.3 Å². The molecule has 5 nitrogen and oxygen atoms in total. The van der Waals surface area contributed by atoms with E-state index >= 15 is 0 Å². The van der Waals surface area contributed by atoms with E-state index < -0.39 is 0 Å². The lowest BCUT2D eigenvalue weighted by Crippen LogP contribution is -2.13. The van der Waals surface area contributed by atoms with Gasteiger partial charge >= 0.3 is 0 Å². The van der Waals surface area contributed by atoms with Crippen LogP contribution in [-0.4, -0.2) is 24.1 Å². The number of carbonyl (C=O) groups excluding carboxylic acids is 1. The normalized spacial score (nSPS) is 15.7. The third-order valence-electron chi connectivity index (χ3n) is 4.87. The molecule has 0 atom stereocenters. The van der Waals surface area contributed by atoms with Gasteiger partial charge in [-0.1, -0.05) is 12.1 Å². The molecule has 1 N–H and O–H groups in total. The van der Waals surface area contributed by atoms with E-state index in [0.29, 0.717) is 13.2 Å². The summed E-state index contributed by atoms with van der Waals surface area (Å²) in [5.41, 5.74) is 3.73. The summed E-state index contributed by atoms with van der Waals surface area (Å²) in [5, 5.41) is 5.97. The number of thiazole rings is 1. The van der Waals surface area contributed by atoms with E-state index in [1.165, 1.54) is 0 Å². The zero-order valence-corrected chi connectivity index (χ0v) is 16.1. The van der Waals surface area contributed by atoms with E-state index in [4.69, 9.17) is 14.5 Å². The molecule has 3 aromatic rings. The van der Waals surface area contributed by atoms with Gasteiger partial charge in [-0.3, -0.25) is 4.79 Å². The average molecular weight is 392 g/mol. The van der Waals surface area contributed by atoms with Crippen molar-refractivity contribution in [2.24, 2.45) is 5.92 Å². The second-order valence-electron chi connectivity index (χ2n) is 7.09. The van der Waals surface area contributed by atoms with Crippen molar-refractivity contribution < 1.29 is 14.3 Å². The molecular weight excluding hydrogens is 372 g/mol. The number of rotatable bonds is 4. The number of benzene rings is 2. The number of nitrogens with one attached hydrogen (secondary N) is 1. The molecule has 0 saturated heterocycles. The molecule has 1 fully saturated rings. The summed E-state index contributed by atoms with van der Waals surface area (Å²) in [6.07, 6.45) is 2.88. The highest BCUT2D eigenvalue weighted by atomic mass is 32.1. The molecule has 142 valence electrons. The molecule has 5 rings (SSSR count). The largest absolute Gasteiger partial charge is 0.490 e. The fourth-order valence-corrected chi connectivity index (χ4v) is 4.01. The van der Waals surface area contributed by atoms with Gasteiger partial charge in [0.1, 0.15) is 5.01 Å². The summed E-state index contributed by atoms with van der Waals surface area (Å²) in [7, 11) is 0. The number of anilines is 1. The molecule has 1 aromatic heterocycles. The van der Waals surface area contributed by atoms with Crippen LogP contribution in [0, 0.1) is 5.92 Å². The standard InChI is InChI=1S/C22H20N2O3S/c25-21(14-5-6-14)23-17-4-1-3-16(11-17)22-24-18(13-28-22)15-7-8-19-20(12-15)27-10-2-9-26-19/h1,3-4,7-8,11-14H,2,5-6,9-10H2,(H,23,25). The van der Waals surface area contributed by atoms with Crippen molar-refractivity contribution in [3.8, 4) is 33.3 Å². The van der Waals surface area contributed by atoms with Crippen molar-refractivity contribution >= 4 is 22.9 Å². The van der Waals surface area contributed by atoms with Gasteiger partial charge in [-0.15, -0.1) is 11.3 Å². The highest BCUT2D eigenvalue weighted by Gasteiger charge is 2.29. The predicted octanol–water partition coefficient (Wildman–Crippen LogP) is 4.99. The minimum Gasteiger partial charge on any atom is -0.490 e. The minimum absolute atomic E-state index is 0.115. The smallest absolute Gasteiger partial charge is 0.227 e. The Hall–Kier alpha value is -2.86. The van der Waals surface area contributed by atoms with Crippen LogP contribution in [0.2, 0.25) is 0 Å². The van der Waals surface area contributed by atoms with Crippen LogP contribution in [0.5, 0.6) is 11.5 Å². The van der Waals surface area contributed by atoms with Crippen molar-refractivity contribution in [3.05, 3.63) is 47.8 Å². The second kappa shape index (κ2) is 7.28. The molecule has 1 aliphatic carbocycles. The van der Waals surface area contributed by atoms with Gasteiger partial charge in [-0.2, -0.15) is 0 Å². The predicted molar refractivity (Wildman–Crippen MR) is 110 cm³/mol. The second-order valence-corrected chi connectivity index (χ2v) is 7.95. The molecule has 2 heterocycles. The van der Waals surface area contributed by atoms with Gasteiger partial charge in [0.05, 0.1) is 18.9 Å².